The molecule has 0 fully saturated rings. The molecule has 0 saturated carbocycles. The molecule has 2 aliphatic rings. The average molecular weight is 391 g/mol. The molecule has 3 heterocycles. The third-order valence-corrected chi connectivity index (χ3v) is 5.18. The van der Waals surface area contributed by atoms with E-state index in [2.05, 4.69) is 10.2 Å². The van der Waals surface area contributed by atoms with Crippen molar-refractivity contribution in [2.24, 2.45) is 0 Å². The van der Waals surface area contributed by atoms with Crippen LogP contribution in [-0.4, -0.2) is 34.3 Å². The molecular weight excluding hydrogens is 373 g/mol. The van der Waals surface area contributed by atoms with Crippen LogP contribution in [0, 0.1) is 5.82 Å². The smallest absolute Gasteiger partial charge is 0.246 e. The molecule has 29 heavy (non-hydrogen) atoms. The highest BCUT2D eigenvalue weighted by Gasteiger charge is 2.24. The van der Waals surface area contributed by atoms with Gasteiger partial charge in [-0.2, -0.15) is 5.10 Å². The predicted molar refractivity (Wildman–Crippen MR) is 105 cm³/mol. The van der Waals surface area contributed by atoms with E-state index in [1.165, 1.54) is 12.1 Å². The van der Waals surface area contributed by atoms with Crippen molar-refractivity contribution in [1.82, 2.24) is 15.1 Å². The topological polar surface area (TPSA) is 67.5 Å². The molecule has 0 bridgehead atoms. The Bertz CT molecular complexity index is 1100. The first-order valence-electron chi connectivity index (χ1n) is 9.36. The minimum Gasteiger partial charge on any atom is -0.454 e. The van der Waals surface area contributed by atoms with Crippen LogP contribution in [0.25, 0.3) is 17.3 Å². The van der Waals surface area contributed by atoms with Gasteiger partial charge in [0.25, 0.3) is 0 Å². The van der Waals surface area contributed by atoms with E-state index in [1.807, 2.05) is 18.2 Å². The van der Waals surface area contributed by atoms with Gasteiger partial charge in [0.1, 0.15) is 5.82 Å². The van der Waals surface area contributed by atoms with Crippen molar-refractivity contribution in [2.45, 2.75) is 13.0 Å². The number of carbonyl (C=O) groups excluding carboxylic acids is 1. The van der Waals surface area contributed by atoms with Crippen molar-refractivity contribution in [3.05, 3.63) is 71.2 Å². The molecule has 0 saturated heterocycles. The van der Waals surface area contributed by atoms with E-state index < -0.39 is 0 Å². The molecule has 1 amide bonds. The van der Waals surface area contributed by atoms with Gasteiger partial charge in [-0.3, -0.25) is 9.89 Å². The van der Waals surface area contributed by atoms with Crippen molar-refractivity contribution in [2.75, 3.05) is 13.3 Å². The summed E-state index contributed by atoms with van der Waals surface area (Å²) in [7, 11) is 0. The SMILES string of the molecule is O=C(/C=C/c1ccc2c(c1)OCO2)N1CCc2[nH]nc(-c3ccc(F)cc3)c2C1. The zero-order chi connectivity index (χ0) is 19.8. The lowest BCUT2D eigenvalue weighted by Gasteiger charge is -2.26. The summed E-state index contributed by atoms with van der Waals surface area (Å²) in [6.45, 7) is 1.30. The Hall–Kier alpha value is -3.61. The lowest BCUT2D eigenvalue weighted by atomic mass is 10.0. The summed E-state index contributed by atoms with van der Waals surface area (Å²) < 4.78 is 23.9. The zero-order valence-electron chi connectivity index (χ0n) is 15.5. The fourth-order valence-corrected chi connectivity index (χ4v) is 3.62. The van der Waals surface area contributed by atoms with Crippen LogP contribution in [0.4, 0.5) is 4.39 Å². The molecule has 1 N–H and O–H groups in total. The van der Waals surface area contributed by atoms with Gasteiger partial charge in [-0.25, -0.2) is 4.39 Å². The van der Waals surface area contributed by atoms with Crippen LogP contribution in [0.1, 0.15) is 16.8 Å². The summed E-state index contributed by atoms with van der Waals surface area (Å²) in [5, 5.41) is 7.44. The average Bonchev–Trinajstić information content (AvgIpc) is 3.38. The van der Waals surface area contributed by atoms with E-state index in [-0.39, 0.29) is 18.5 Å². The molecule has 0 aliphatic carbocycles. The van der Waals surface area contributed by atoms with Crippen LogP contribution < -0.4 is 9.47 Å². The molecule has 2 aliphatic heterocycles. The Morgan fingerprint density at radius 1 is 1.14 bits per heavy atom. The Labute approximate surface area is 166 Å². The number of fused-ring (bicyclic) bond motifs is 2. The van der Waals surface area contributed by atoms with Crippen LogP contribution in [0.15, 0.2) is 48.5 Å². The fourth-order valence-electron chi connectivity index (χ4n) is 3.62. The normalized spacial score (nSPS) is 15.0. The van der Waals surface area contributed by atoms with E-state index in [0.29, 0.717) is 31.0 Å². The molecule has 7 heteroatoms. The Kier molecular flexibility index (Phi) is 4.27. The van der Waals surface area contributed by atoms with Crippen LogP contribution in [-0.2, 0) is 17.8 Å². The third-order valence-electron chi connectivity index (χ3n) is 5.18. The van der Waals surface area contributed by atoms with Crippen molar-refractivity contribution in [1.29, 1.82) is 0 Å². The molecule has 146 valence electrons. The number of halogens is 1. The van der Waals surface area contributed by atoms with Crippen LogP contribution in [0.2, 0.25) is 0 Å². The van der Waals surface area contributed by atoms with Crippen molar-refractivity contribution in [3.8, 4) is 22.8 Å². The third kappa shape index (κ3) is 3.35. The van der Waals surface area contributed by atoms with Gasteiger partial charge in [0.15, 0.2) is 11.5 Å². The highest BCUT2D eigenvalue weighted by molar-refractivity contribution is 5.92. The second-order valence-electron chi connectivity index (χ2n) is 6.99. The highest BCUT2D eigenvalue weighted by Crippen LogP contribution is 2.33. The van der Waals surface area contributed by atoms with Crippen molar-refractivity contribution >= 4 is 12.0 Å². The van der Waals surface area contributed by atoms with Crippen LogP contribution in [0.3, 0.4) is 0 Å². The van der Waals surface area contributed by atoms with Gasteiger partial charge in [0.05, 0.1) is 5.69 Å². The van der Waals surface area contributed by atoms with Gasteiger partial charge in [0.2, 0.25) is 12.7 Å². The van der Waals surface area contributed by atoms with E-state index in [0.717, 1.165) is 28.1 Å². The maximum Gasteiger partial charge on any atom is 0.246 e. The molecule has 3 aromatic rings. The van der Waals surface area contributed by atoms with Gasteiger partial charge in [-0.15, -0.1) is 0 Å². The van der Waals surface area contributed by atoms with Crippen LogP contribution in [0.5, 0.6) is 11.5 Å². The molecule has 0 unspecified atom stereocenters. The summed E-state index contributed by atoms with van der Waals surface area (Å²) in [4.78, 5) is 14.5. The Morgan fingerprint density at radius 2 is 1.97 bits per heavy atom. The first kappa shape index (κ1) is 17.5. The lowest BCUT2D eigenvalue weighted by Crippen LogP contribution is -2.34. The van der Waals surface area contributed by atoms with Gasteiger partial charge in [-0.05, 0) is 48.0 Å². The number of benzene rings is 2. The minimum absolute atomic E-state index is 0.0698. The van der Waals surface area contributed by atoms with Gasteiger partial charge in [-0.1, -0.05) is 6.07 Å². The standard InChI is InChI=1S/C22H18FN3O3/c23-16-5-3-15(4-6-16)22-17-12-26(10-9-18(17)24-25-22)21(27)8-2-14-1-7-19-20(11-14)29-13-28-19/h1-8,11H,9-10,12-13H2,(H,24,25)/b8-2+. The molecule has 0 radical (unpaired) electrons. The van der Waals surface area contributed by atoms with Gasteiger partial charge < -0.3 is 14.4 Å². The van der Waals surface area contributed by atoms with Crippen molar-refractivity contribution in [3.63, 3.8) is 0 Å². The largest absolute Gasteiger partial charge is 0.454 e. The molecule has 6 nitrogen and oxygen atoms in total. The number of rotatable bonds is 3. The maximum absolute atomic E-state index is 13.2. The summed E-state index contributed by atoms with van der Waals surface area (Å²) in [5.41, 5.74) is 4.46. The number of ether oxygens (including phenoxy) is 2. The summed E-state index contributed by atoms with van der Waals surface area (Å²) in [6, 6.07) is 11.8. The number of aromatic nitrogens is 2. The Balaban J connectivity index is 1.33. The molecule has 0 spiro atoms. The minimum atomic E-state index is -0.288. The number of nitrogens with one attached hydrogen (secondary N) is 1. The maximum atomic E-state index is 13.2. The zero-order valence-corrected chi connectivity index (χ0v) is 15.5. The first-order valence-corrected chi connectivity index (χ1v) is 9.36. The van der Waals surface area contributed by atoms with E-state index in [1.54, 1.807) is 29.2 Å². The van der Waals surface area contributed by atoms with E-state index in [4.69, 9.17) is 9.47 Å². The first-order chi connectivity index (χ1) is 14.2. The number of nitrogens with zero attached hydrogens (tertiary/aromatic N) is 2. The van der Waals surface area contributed by atoms with E-state index >= 15 is 0 Å². The second kappa shape index (κ2) is 7.09. The van der Waals surface area contributed by atoms with Crippen LogP contribution >= 0.6 is 0 Å². The number of H-pyrrole nitrogens is 1. The number of hydrogen-bond acceptors (Lipinski definition) is 4. The molecular formula is C22H18FN3O3. The number of amides is 1. The molecule has 1 aromatic heterocycles. The predicted octanol–water partition coefficient (Wildman–Crippen LogP) is 3.54. The van der Waals surface area contributed by atoms with E-state index in [9.17, 15) is 9.18 Å². The summed E-state index contributed by atoms with van der Waals surface area (Å²) in [5.74, 6) is 1.04. The lowest BCUT2D eigenvalue weighted by molar-refractivity contribution is -0.126. The quantitative estimate of drug-likeness (QED) is 0.694. The molecule has 0 atom stereocenters. The number of aromatic amines is 1. The summed E-state index contributed by atoms with van der Waals surface area (Å²) in [6.07, 6.45) is 4.05. The Morgan fingerprint density at radius 3 is 2.83 bits per heavy atom. The fraction of sp³-hybridized carbons (Fsp3) is 0.182. The van der Waals surface area contributed by atoms with Gasteiger partial charge >= 0.3 is 0 Å². The molecule has 2 aromatic carbocycles. The van der Waals surface area contributed by atoms with Crippen molar-refractivity contribution < 1.29 is 18.7 Å². The summed E-state index contributed by atoms with van der Waals surface area (Å²) >= 11 is 0. The highest BCUT2D eigenvalue weighted by atomic mass is 19.1. The number of hydrogen-bond donors (Lipinski definition) is 1. The van der Waals surface area contributed by atoms with Gasteiger partial charge in [0, 0.05) is 42.4 Å². The monoisotopic (exact) mass is 391 g/mol. The number of carbonyl (C=O) groups is 1. The second-order valence-corrected chi connectivity index (χ2v) is 6.99. The molecule has 5 rings (SSSR count).